The van der Waals surface area contributed by atoms with E-state index in [9.17, 15) is 8.42 Å². The summed E-state index contributed by atoms with van der Waals surface area (Å²) < 4.78 is 31.9. The Kier molecular flexibility index (Phi) is 5.13. The van der Waals surface area contributed by atoms with Gasteiger partial charge in [0.1, 0.15) is 4.21 Å². The number of nitrogens with one attached hydrogen (secondary N) is 1. The molecular weight excluding hydrogens is 272 g/mol. The summed E-state index contributed by atoms with van der Waals surface area (Å²) in [7, 11) is -3.29. The quantitative estimate of drug-likeness (QED) is 0.786. The number of sulfonamides is 1. The minimum absolute atomic E-state index is 0.383. The van der Waals surface area contributed by atoms with Crippen LogP contribution in [0.25, 0.3) is 0 Å². The zero-order chi connectivity index (χ0) is 12.8. The second kappa shape index (κ2) is 6.63. The van der Waals surface area contributed by atoms with Crippen LogP contribution in [0.15, 0.2) is 21.7 Å². The highest BCUT2D eigenvalue weighted by molar-refractivity contribution is 7.91. The van der Waals surface area contributed by atoms with Gasteiger partial charge in [0.25, 0.3) is 0 Å². The van der Waals surface area contributed by atoms with E-state index in [2.05, 4.69) is 9.62 Å². The van der Waals surface area contributed by atoms with Crippen molar-refractivity contribution in [3.63, 3.8) is 0 Å². The van der Waals surface area contributed by atoms with Gasteiger partial charge in [-0.15, -0.1) is 11.3 Å². The van der Waals surface area contributed by atoms with Crippen LogP contribution in [0, 0.1) is 0 Å². The van der Waals surface area contributed by atoms with Crippen LogP contribution in [0.3, 0.4) is 0 Å². The number of thiophene rings is 1. The van der Waals surface area contributed by atoms with E-state index in [0.29, 0.717) is 10.8 Å². The van der Waals surface area contributed by atoms with Gasteiger partial charge in [0.15, 0.2) is 0 Å². The monoisotopic (exact) mass is 290 g/mol. The fourth-order valence-corrected chi connectivity index (χ4v) is 3.93. The van der Waals surface area contributed by atoms with Crippen molar-refractivity contribution < 1.29 is 13.2 Å². The van der Waals surface area contributed by atoms with Gasteiger partial charge in [-0.3, -0.25) is 4.90 Å². The minimum atomic E-state index is -3.29. The third-order valence-corrected chi connectivity index (χ3v) is 5.67. The third kappa shape index (κ3) is 4.03. The zero-order valence-electron chi connectivity index (χ0n) is 10.2. The Morgan fingerprint density at radius 2 is 2.17 bits per heavy atom. The summed E-state index contributed by atoms with van der Waals surface area (Å²) in [4.78, 5) is 2.29. The third-order valence-electron chi connectivity index (χ3n) is 2.81. The largest absolute Gasteiger partial charge is 0.379 e. The Balaban J connectivity index is 1.69. The first-order valence-corrected chi connectivity index (χ1v) is 8.38. The standard InChI is InChI=1S/C11H18N2O3S2/c14-18(15,11-3-1-10-17-11)12-4-2-5-13-6-8-16-9-7-13/h1,3,10,12H,2,4-9H2. The van der Waals surface area contributed by atoms with Crippen LogP contribution >= 0.6 is 11.3 Å². The molecule has 0 radical (unpaired) electrons. The van der Waals surface area contributed by atoms with Crippen molar-refractivity contribution in [2.75, 3.05) is 39.4 Å². The van der Waals surface area contributed by atoms with E-state index in [1.54, 1.807) is 17.5 Å². The Hall–Kier alpha value is -0.470. The molecule has 102 valence electrons. The minimum Gasteiger partial charge on any atom is -0.379 e. The van der Waals surface area contributed by atoms with Crippen LogP contribution in [0.4, 0.5) is 0 Å². The van der Waals surface area contributed by atoms with Crippen molar-refractivity contribution in [3.05, 3.63) is 17.5 Å². The second-order valence-corrected chi connectivity index (χ2v) is 7.08. The molecule has 0 unspecified atom stereocenters. The molecule has 1 saturated heterocycles. The van der Waals surface area contributed by atoms with Crippen LogP contribution in [0.5, 0.6) is 0 Å². The lowest BCUT2D eigenvalue weighted by Crippen LogP contribution is -2.38. The Morgan fingerprint density at radius 1 is 1.39 bits per heavy atom. The molecular formula is C11H18N2O3S2. The average Bonchev–Trinajstić information content (AvgIpc) is 2.91. The van der Waals surface area contributed by atoms with Gasteiger partial charge < -0.3 is 4.74 Å². The molecule has 5 nitrogen and oxygen atoms in total. The molecule has 1 N–H and O–H groups in total. The lowest BCUT2D eigenvalue weighted by Gasteiger charge is -2.26. The molecule has 0 spiro atoms. The summed E-state index contributed by atoms with van der Waals surface area (Å²) in [6.45, 7) is 4.84. The summed E-state index contributed by atoms with van der Waals surface area (Å²) in [6.07, 6.45) is 0.824. The summed E-state index contributed by atoms with van der Waals surface area (Å²) in [5.74, 6) is 0. The zero-order valence-corrected chi connectivity index (χ0v) is 11.8. The molecule has 1 fully saturated rings. The van der Waals surface area contributed by atoms with Crippen LogP contribution in [-0.4, -0.2) is 52.7 Å². The molecule has 7 heteroatoms. The van der Waals surface area contributed by atoms with Crippen molar-refractivity contribution in [2.45, 2.75) is 10.6 Å². The van der Waals surface area contributed by atoms with Crippen LogP contribution in [-0.2, 0) is 14.8 Å². The lowest BCUT2D eigenvalue weighted by molar-refractivity contribution is 0.0376. The normalized spacial score (nSPS) is 18.0. The molecule has 1 aromatic heterocycles. The van der Waals surface area contributed by atoms with Crippen molar-refractivity contribution in [1.29, 1.82) is 0 Å². The second-order valence-electron chi connectivity index (χ2n) is 4.14. The molecule has 1 aliphatic heterocycles. The van der Waals surface area contributed by atoms with E-state index in [0.717, 1.165) is 39.3 Å². The highest BCUT2D eigenvalue weighted by atomic mass is 32.2. The van der Waals surface area contributed by atoms with Gasteiger partial charge in [0.2, 0.25) is 10.0 Å². The average molecular weight is 290 g/mol. The number of rotatable bonds is 6. The maximum Gasteiger partial charge on any atom is 0.250 e. The maximum atomic E-state index is 11.8. The molecule has 2 heterocycles. The predicted molar refractivity (Wildman–Crippen MR) is 71.4 cm³/mol. The molecule has 2 rings (SSSR count). The fraction of sp³-hybridized carbons (Fsp3) is 0.636. The Bertz CT molecular complexity index is 439. The lowest BCUT2D eigenvalue weighted by atomic mass is 10.3. The first-order chi connectivity index (χ1) is 8.68. The molecule has 18 heavy (non-hydrogen) atoms. The highest BCUT2D eigenvalue weighted by Crippen LogP contribution is 2.14. The summed E-state index contributed by atoms with van der Waals surface area (Å²) in [5.41, 5.74) is 0. The van der Waals surface area contributed by atoms with Crippen LogP contribution < -0.4 is 4.72 Å². The van der Waals surface area contributed by atoms with E-state index in [4.69, 9.17) is 4.74 Å². The van der Waals surface area contributed by atoms with E-state index in [1.165, 1.54) is 11.3 Å². The van der Waals surface area contributed by atoms with Gasteiger partial charge in [0.05, 0.1) is 13.2 Å². The molecule has 0 atom stereocenters. The van der Waals surface area contributed by atoms with Crippen molar-refractivity contribution in [3.8, 4) is 0 Å². The molecule has 0 saturated carbocycles. The molecule has 1 aromatic rings. The van der Waals surface area contributed by atoms with Gasteiger partial charge >= 0.3 is 0 Å². The predicted octanol–water partition coefficient (Wildman–Crippen LogP) is 0.749. The van der Waals surface area contributed by atoms with Crippen LogP contribution in [0.2, 0.25) is 0 Å². The SMILES string of the molecule is O=S(=O)(NCCCN1CCOCC1)c1cccs1. The smallest absolute Gasteiger partial charge is 0.250 e. The summed E-state index contributed by atoms with van der Waals surface area (Å²) in [6, 6.07) is 3.36. The Morgan fingerprint density at radius 3 is 2.83 bits per heavy atom. The van der Waals surface area contributed by atoms with Crippen molar-refractivity contribution >= 4 is 21.4 Å². The van der Waals surface area contributed by atoms with Gasteiger partial charge in [-0.25, -0.2) is 13.1 Å². The maximum absolute atomic E-state index is 11.8. The summed E-state index contributed by atoms with van der Waals surface area (Å²) >= 11 is 1.24. The van der Waals surface area contributed by atoms with Gasteiger partial charge in [-0.1, -0.05) is 6.07 Å². The van der Waals surface area contributed by atoms with Gasteiger partial charge in [-0.05, 0) is 24.4 Å². The fourth-order valence-electron chi connectivity index (χ4n) is 1.82. The van der Waals surface area contributed by atoms with E-state index in [-0.39, 0.29) is 0 Å². The first kappa shape index (κ1) is 14.0. The summed E-state index contributed by atoms with van der Waals surface area (Å²) in [5, 5.41) is 1.77. The van der Waals surface area contributed by atoms with E-state index in [1.807, 2.05) is 0 Å². The number of hydrogen-bond donors (Lipinski definition) is 1. The molecule has 0 bridgehead atoms. The Labute approximate surface area is 112 Å². The molecule has 0 aromatic carbocycles. The number of morpholine rings is 1. The van der Waals surface area contributed by atoms with Gasteiger partial charge in [-0.2, -0.15) is 0 Å². The topological polar surface area (TPSA) is 58.6 Å². The van der Waals surface area contributed by atoms with Crippen molar-refractivity contribution in [2.24, 2.45) is 0 Å². The molecule has 0 aliphatic carbocycles. The number of ether oxygens (including phenoxy) is 1. The van der Waals surface area contributed by atoms with E-state index >= 15 is 0 Å². The highest BCUT2D eigenvalue weighted by Gasteiger charge is 2.14. The van der Waals surface area contributed by atoms with E-state index < -0.39 is 10.0 Å². The number of hydrogen-bond acceptors (Lipinski definition) is 5. The first-order valence-electron chi connectivity index (χ1n) is 6.02. The van der Waals surface area contributed by atoms with Crippen molar-refractivity contribution in [1.82, 2.24) is 9.62 Å². The van der Waals surface area contributed by atoms with Gasteiger partial charge in [0, 0.05) is 19.6 Å². The number of nitrogens with zero attached hydrogens (tertiary/aromatic N) is 1. The molecule has 0 amide bonds. The molecule has 1 aliphatic rings. The van der Waals surface area contributed by atoms with Crippen LogP contribution in [0.1, 0.15) is 6.42 Å².